The first-order valence-corrected chi connectivity index (χ1v) is 10.1. The van der Waals surface area contributed by atoms with Crippen molar-refractivity contribution in [2.24, 2.45) is 11.8 Å². The predicted octanol–water partition coefficient (Wildman–Crippen LogP) is 1.64. The highest BCUT2D eigenvalue weighted by molar-refractivity contribution is 7.91. The lowest BCUT2D eigenvalue weighted by Gasteiger charge is -2.32. The van der Waals surface area contributed by atoms with E-state index in [1.807, 2.05) is 18.7 Å². The standard InChI is InChI=1S/C16H32N2O3S/c1-14(2)13-22(20,21)12-8-16(19)18-10-6-15(7-11-18)5-9-17(3)4/h14-15H,5-13H2,1-4H3. The zero-order valence-electron chi connectivity index (χ0n) is 14.5. The normalized spacial score (nSPS) is 17.5. The number of likely N-dealkylation sites (tertiary alicyclic amines) is 1. The van der Waals surface area contributed by atoms with Crippen LogP contribution in [0.4, 0.5) is 0 Å². The Balaban J connectivity index is 2.31. The third-order valence-corrected chi connectivity index (χ3v) is 6.17. The summed E-state index contributed by atoms with van der Waals surface area (Å²) in [5.41, 5.74) is 0. The smallest absolute Gasteiger partial charge is 0.223 e. The number of amides is 1. The molecule has 0 aromatic heterocycles. The second kappa shape index (κ2) is 8.87. The van der Waals surface area contributed by atoms with Crippen molar-refractivity contribution in [2.75, 3.05) is 45.2 Å². The monoisotopic (exact) mass is 332 g/mol. The molecule has 1 heterocycles. The third kappa shape index (κ3) is 7.58. The molecule has 0 bridgehead atoms. The number of carbonyl (C=O) groups excluding carboxylic acids is 1. The molecule has 0 N–H and O–H groups in total. The van der Waals surface area contributed by atoms with E-state index in [-0.39, 0.29) is 29.8 Å². The number of sulfone groups is 1. The molecule has 0 aromatic rings. The molecule has 0 unspecified atom stereocenters. The molecule has 1 aliphatic rings. The summed E-state index contributed by atoms with van der Waals surface area (Å²) in [5, 5.41) is 0. The molecule has 5 nitrogen and oxygen atoms in total. The maximum Gasteiger partial charge on any atom is 0.223 e. The minimum atomic E-state index is -3.10. The summed E-state index contributed by atoms with van der Waals surface area (Å²) >= 11 is 0. The highest BCUT2D eigenvalue weighted by atomic mass is 32.2. The van der Waals surface area contributed by atoms with Crippen molar-refractivity contribution in [3.8, 4) is 0 Å². The van der Waals surface area contributed by atoms with Crippen LogP contribution < -0.4 is 0 Å². The van der Waals surface area contributed by atoms with Gasteiger partial charge in [0, 0.05) is 19.5 Å². The molecule has 1 aliphatic heterocycles. The summed E-state index contributed by atoms with van der Waals surface area (Å²) in [6, 6.07) is 0. The number of piperidine rings is 1. The Labute approximate surface area is 136 Å². The molecule has 1 amide bonds. The van der Waals surface area contributed by atoms with Crippen LogP contribution >= 0.6 is 0 Å². The van der Waals surface area contributed by atoms with Crippen LogP contribution in [0.25, 0.3) is 0 Å². The Morgan fingerprint density at radius 2 is 1.82 bits per heavy atom. The maximum absolute atomic E-state index is 12.2. The summed E-state index contributed by atoms with van der Waals surface area (Å²) in [4.78, 5) is 16.2. The Hall–Kier alpha value is -0.620. The molecule has 0 atom stereocenters. The van der Waals surface area contributed by atoms with Gasteiger partial charge in [0.1, 0.15) is 0 Å². The van der Waals surface area contributed by atoms with E-state index in [9.17, 15) is 13.2 Å². The lowest BCUT2D eigenvalue weighted by Crippen LogP contribution is -2.39. The molecule has 1 saturated heterocycles. The predicted molar refractivity (Wildman–Crippen MR) is 90.6 cm³/mol. The number of rotatable bonds is 8. The average molecular weight is 333 g/mol. The zero-order chi connectivity index (χ0) is 16.8. The highest BCUT2D eigenvalue weighted by Gasteiger charge is 2.24. The van der Waals surface area contributed by atoms with E-state index in [0.29, 0.717) is 5.92 Å². The van der Waals surface area contributed by atoms with Crippen LogP contribution in [0, 0.1) is 11.8 Å². The zero-order valence-corrected chi connectivity index (χ0v) is 15.4. The fourth-order valence-electron chi connectivity index (χ4n) is 2.90. The minimum absolute atomic E-state index is 0.00149. The van der Waals surface area contributed by atoms with Gasteiger partial charge in [0.05, 0.1) is 11.5 Å². The van der Waals surface area contributed by atoms with Gasteiger partial charge in [0.2, 0.25) is 5.91 Å². The van der Waals surface area contributed by atoms with Crippen LogP contribution in [-0.4, -0.2) is 69.4 Å². The van der Waals surface area contributed by atoms with Gasteiger partial charge in [0.15, 0.2) is 9.84 Å². The third-order valence-electron chi connectivity index (χ3n) is 4.17. The fraction of sp³-hybridized carbons (Fsp3) is 0.938. The quantitative estimate of drug-likeness (QED) is 0.678. The maximum atomic E-state index is 12.2. The van der Waals surface area contributed by atoms with E-state index in [1.54, 1.807) is 0 Å². The molecular formula is C16H32N2O3S. The number of hydrogen-bond acceptors (Lipinski definition) is 4. The van der Waals surface area contributed by atoms with Crippen molar-refractivity contribution in [2.45, 2.75) is 39.5 Å². The molecule has 0 radical (unpaired) electrons. The molecule has 130 valence electrons. The first-order chi connectivity index (χ1) is 10.2. The lowest BCUT2D eigenvalue weighted by molar-refractivity contribution is -0.132. The van der Waals surface area contributed by atoms with E-state index < -0.39 is 9.84 Å². The Bertz CT molecular complexity index is 438. The van der Waals surface area contributed by atoms with Crippen molar-refractivity contribution < 1.29 is 13.2 Å². The lowest BCUT2D eigenvalue weighted by atomic mass is 9.93. The van der Waals surface area contributed by atoms with Gasteiger partial charge < -0.3 is 9.80 Å². The average Bonchev–Trinajstić information content (AvgIpc) is 2.42. The summed E-state index contributed by atoms with van der Waals surface area (Å²) in [5.74, 6) is 0.972. The van der Waals surface area contributed by atoms with Gasteiger partial charge in [-0.1, -0.05) is 13.8 Å². The van der Waals surface area contributed by atoms with E-state index in [1.165, 1.54) is 6.42 Å². The topological polar surface area (TPSA) is 57.7 Å². The van der Waals surface area contributed by atoms with Gasteiger partial charge in [-0.15, -0.1) is 0 Å². The summed E-state index contributed by atoms with van der Waals surface area (Å²) in [7, 11) is 1.06. The Morgan fingerprint density at radius 3 is 2.32 bits per heavy atom. The highest BCUT2D eigenvalue weighted by Crippen LogP contribution is 2.21. The van der Waals surface area contributed by atoms with Crippen LogP contribution in [0.1, 0.15) is 39.5 Å². The number of hydrogen-bond donors (Lipinski definition) is 0. The van der Waals surface area contributed by atoms with E-state index in [0.717, 1.165) is 32.5 Å². The molecule has 22 heavy (non-hydrogen) atoms. The van der Waals surface area contributed by atoms with Gasteiger partial charge in [-0.2, -0.15) is 0 Å². The first-order valence-electron chi connectivity index (χ1n) is 8.32. The molecule has 1 rings (SSSR count). The molecule has 1 fully saturated rings. The van der Waals surface area contributed by atoms with Crippen molar-refractivity contribution in [3.63, 3.8) is 0 Å². The minimum Gasteiger partial charge on any atom is -0.343 e. The largest absolute Gasteiger partial charge is 0.343 e. The second-order valence-corrected chi connectivity index (χ2v) is 9.40. The van der Waals surface area contributed by atoms with E-state index >= 15 is 0 Å². The van der Waals surface area contributed by atoms with Gasteiger partial charge in [-0.25, -0.2) is 8.42 Å². The van der Waals surface area contributed by atoms with Crippen molar-refractivity contribution in [3.05, 3.63) is 0 Å². The number of carbonyl (C=O) groups is 1. The number of nitrogens with zero attached hydrogens (tertiary/aromatic N) is 2. The van der Waals surface area contributed by atoms with Crippen LogP contribution in [0.2, 0.25) is 0 Å². The summed E-state index contributed by atoms with van der Waals surface area (Å²) in [6.07, 6.45) is 3.39. The van der Waals surface area contributed by atoms with Crippen molar-refractivity contribution in [1.82, 2.24) is 9.80 Å². The summed E-state index contributed by atoms with van der Waals surface area (Å²) in [6.45, 7) is 6.42. The SMILES string of the molecule is CC(C)CS(=O)(=O)CCC(=O)N1CCC(CCN(C)C)CC1. The second-order valence-electron chi connectivity index (χ2n) is 7.17. The molecule has 0 saturated carbocycles. The molecule has 0 spiro atoms. The van der Waals surface area contributed by atoms with Gasteiger partial charge in [0.25, 0.3) is 0 Å². The Kier molecular flexibility index (Phi) is 7.83. The van der Waals surface area contributed by atoms with Crippen molar-refractivity contribution in [1.29, 1.82) is 0 Å². The van der Waals surface area contributed by atoms with Crippen molar-refractivity contribution >= 4 is 15.7 Å². The van der Waals surface area contributed by atoms with E-state index in [4.69, 9.17) is 0 Å². The van der Waals surface area contributed by atoms with Gasteiger partial charge in [-0.3, -0.25) is 4.79 Å². The fourth-order valence-corrected chi connectivity index (χ4v) is 4.57. The van der Waals surface area contributed by atoms with Crippen LogP contribution in [0.5, 0.6) is 0 Å². The van der Waals surface area contributed by atoms with Crippen LogP contribution in [0.3, 0.4) is 0 Å². The van der Waals surface area contributed by atoms with Crippen LogP contribution in [0.15, 0.2) is 0 Å². The Morgan fingerprint density at radius 1 is 1.23 bits per heavy atom. The van der Waals surface area contributed by atoms with Crippen LogP contribution in [-0.2, 0) is 14.6 Å². The van der Waals surface area contributed by atoms with Gasteiger partial charge >= 0.3 is 0 Å². The molecular weight excluding hydrogens is 300 g/mol. The van der Waals surface area contributed by atoms with Gasteiger partial charge in [-0.05, 0) is 51.7 Å². The molecule has 0 aromatic carbocycles. The summed E-state index contributed by atoms with van der Waals surface area (Å²) < 4.78 is 23.7. The molecule has 0 aliphatic carbocycles. The molecule has 6 heteroatoms. The first kappa shape index (κ1) is 19.4. The van der Waals surface area contributed by atoms with E-state index in [2.05, 4.69) is 19.0 Å².